The number of amides is 1. The van der Waals surface area contributed by atoms with Gasteiger partial charge in [0.25, 0.3) is 0 Å². The lowest BCUT2D eigenvalue weighted by Gasteiger charge is -2.14. The van der Waals surface area contributed by atoms with Crippen molar-refractivity contribution in [3.05, 3.63) is 18.2 Å². The lowest BCUT2D eigenvalue weighted by atomic mass is 10.0. The number of hydrogen-bond donors (Lipinski definition) is 3. The molecule has 0 aliphatic rings. The van der Waals surface area contributed by atoms with E-state index < -0.39 is 0 Å². The predicted molar refractivity (Wildman–Crippen MR) is 80.0 cm³/mol. The van der Waals surface area contributed by atoms with Crippen LogP contribution in [0.4, 0.5) is 5.69 Å². The molecule has 0 spiro atoms. The molecule has 2 unspecified atom stereocenters. The first kappa shape index (κ1) is 16.3. The standard InChI is InChI=1S/C15H24N2O3/c1-10(5-4-6-11(2)16)15(19)17-13-9-12(20-3)7-8-14(13)18/h7-11,18H,4-6,16H2,1-3H3,(H,17,19). The van der Waals surface area contributed by atoms with Gasteiger partial charge in [-0.15, -0.1) is 0 Å². The van der Waals surface area contributed by atoms with E-state index in [1.54, 1.807) is 12.1 Å². The average molecular weight is 280 g/mol. The van der Waals surface area contributed by atoms with Crippen molar-refractivity contribution >= 4 is 11.6 Å². The van der Waals surface area contributed by atoms with Crippen molar-refractivity contribution in [1.29, 1.82) is 0 Å². The van der Waals surface area contributed by atoms with Crippen LogP contribution < -0.4 is 15.8 Å². The van der Waals surface area contributed by atoms with E-state index in [9.17, 15) is 9.90 Å². The van der Waals surface area contributed by atoms with Crippen LogP contribution in [0, 0.1) is 5.92 Å². The molecule has 2 atom stereocenters. The fraction of sp³-hybridized carbons (Fsp3) is 0.533. The molecule has 4 N–H and O–H groups in total. The van der Waals surface area contributed by atoms with Gasteiger partial charge in [-0.3, -0.25) is 4.79 Å². The van der Waals surface area contributed by atoms with Gasteiger partial charge in [0.1, 0.15) is 11.5 Å². The van der Waals surface area contributed by atoms with Gasteiger partial charge in [0.05, 0.1) is 12.8 Å². The summed E-state index contributed by atoms with van der Waals surface area (Å²) in [4.78, 5) is 12.0. The Morgan fingerprint density at radius 3 is 2.70 bits per heavy atom. The highest BCUT2D eigenvalue weighted by molar-refractivity contribution is 5.93. The van der Waals surface area contributed by atoms with Crippen molar-refractivity contribution in [2.45, 2.75) is 39.2 Å². The molecule has 5 heteroatoms. The van der Waals surface area contributed by atoms with Gasteiger partial charge in [-0.05, 0) is 31.9 Å². The Kier molecular flexibility index (Phi) is 6.31. The summed E-state index contributed by atoms with van der Waals surface area (Å²) in [6.07, 6.45) is 2.59. The zero-order valence-electron chi connectivity index (χ0n) is 12.3. The van der Waals surface area contributed by atoms with Gasteiger partial charge in [0.2, 0.25) is 5.91 Å². The third-order valence-electron chi connectivity index (χ3n) is 3.21. The first-order valence-corrected chi connectivity index (χ1v) is 6.87. The summed E-state index contributed by atoms with van der Waals surface area (Å²) in [5, 5.41) is 12.4. The molecule has 0 bridgehead atoms. The van der Waals surface area contributed by atoms with Crippen molar-refractivity contribution < 1.29 is 14.6 Å². The van der Waals surface area contributed by atoms with E-state index in [-0.39, 0.29) is 23.6 Å². The van der Waals surface area contributed by atoms with E-state index >= 15 is 0 Å². The maximum atomic E-state index is 12.0. The first-order valence-electron chi connectivity index (χ1n) is 6.87. The Bertz CT molecular complexity index is 447. The van der Waals surface area contributed by atoms with Crippen molar-refractivity contribution in [3.8, 4) is 11.5 Å². The molecule has 1 amide bonds. The highest BCUT2D eigenvalue weighted by Gasteiger charge is 2.15. The van der Waals surface area contributed by atoms with Crippen molar-refractivity contribution in [3.63, 3.8) is 0 Å². The molecule has 0 saturated heterocycles. The minimum absolute atomic E-state index is 0.0296. The monoisotopic (exact) mass is 280 g/mol. The minimum atomic E-state index is -0.126. The second-order valence-corrected chi connectivity index (χ2v) is 5.18. The fourth-order valence-electron chi connectivity index (χ4n) is 1.88. The van der Waals surface area contributed by atoms with E-state index in [4.69, 9.17) is 10.5 Å². The zero-order chi connectivity index (χ0) is 15.1. The lowest BCUT2D eigenvalue weighted by Crippen LogP contribution is -2.21. The van der Waals surface area contributed by atoms with Gasteiger partial charge >= 0.3 is 0 Å². The number of hydrogen-bond acceptors (Lipinski definition) is 4. The maximum Gasteiger partial charge on any atom is 0.227 e. The number of rotatable bonds is 7. The number of methoxy groups -OCH3 is 1. The maximum absolute atomic E-state index is 12.0. The number of carbonyl (C=O) groups excluding carboxylic acids is 1. The van der Waals surface area contributed by atoms with Gasteiger partial charge in [-0.2, -0.15) is 0 Å². The number of carbonyl (C=O) groups is 1. The smallest absolute Gasteiger partial charge is 0.227 e. The number of phenolic OH excluding ortho intramolecular Hbond substituents is 1. The Hall–Kier alpha value is -1.75. The summed E-state index contributed by atoms with van der Waals surface area (Å²) >= 11 is 0. The van der Waals surface area contributed by atoms with E-state index in [1.807, 2.05) is 13.8 Å². The summed E-state index contributed by atoms with van der Waals surface area (Å²) in [6, 6.07) is 4.89. The summed E-state index contributed by atoms with van der Waals surface area (Å²) in [5.41, 5.74) is 6.05. The SMILES string of the molecule is COc1ccc(O)c(NC(=O)C(C)CCCC(C)N)c1. The molecule has 0 heterocycles. The summed E-state index contributed by atoms with van der Waals surface area (Å²) in [6.45, 7) is 3.83. The van der Waals surface area contributed by atoms with E-state index in [0.29, 0.717) is 11.4 Å². The van der Waals surface area contributed by atoms with Crippen LogP contribution in [0.15, 0.2) is 18.2 Å². The van der Waals surface area contributed by atoms with Gasteiger partial charge in [-0.25, -0.2) is 0 Å². The van der Waals surface area contributed by atoms with Crippen molar-refractivity contribution in [2.24, 2.45) is 11.7 Å². The van der Waals surface area contributed by atoms with Crippen LogP contribution in [0.25, 0.3) is 0 Å². The number of benzene rings is 1. The van der Waals surface area contributed by atoms with E-state index in [2.05, 4.69) is 5.32 Å². The van der Waals surface area contributed by atoms with Crippen LogP contribution in [0.1, 0.15) is 33.1 Å². The van der Waals surface area contributed by atoms with Gasteiger partial charge in [0.15, 0.2) is 0 Å². The number of phenols is 1. The number of nitrogens with one attached hydrogen (secondary N) is 1. The number of ether oxygens (including phenoxy) is 1. The van der Waals surface area contributed by atoms with Crippen LogP contribution >= 0.6 is 0 Å². The summed E-state index contributed by atoms with van der Waals surface area (Å²) in [7, 11) is 1.54. The second-order valence-electron chi connectivity index (χ2n) is 5.18. The van der Waals surface area contributed by atoms with Crippen molar-refractivity contribution in [2.75, 3.05) is 12.4 Å². The third kappa shape index (κ3) is 5.09. The highest BCUT2D eigenvalue weighted by Crippen LogP contribution is 2.28. The largest absolute Gasteiger partial charge is 0.506 e. The fourth-order valence-corrected chi connectivity index (χ4v) is 1.88. The van der Waals surface area contributed by atoms with Crippen molar-refractivity contribution in [1.82, 2.24) is 0 Å². The molecule has 0 radical (unpaired) electrons. The molecule has 0 fully saturated rings. The molecule has 1 rings (SSSR count). The quantitative estimate of drug-likeness (QED) is 0.670. The molecule has 112 valence electrons. The predicted octanol–water partition coefficient (Wildman–Crippen LogP) is 2.49. The minimum Gasteiger partial charge on any atom is -0.506 e. The molecule has 1 aromatic rings. The lowest BCUT2D eigenvalue weighted by molar-refractivity contribution is -0.119. The summed E-state index contributed by atoms with van der Waals surface area (Å²) in [5.74, 6) is 0.377. The third-order valence-corrected chi connectivity index (χ3v) is 3.21. The van der Waals surface area contributed by atoms with Gasteiger partial charge in [0, 0.05) is 18.0 Å². The van der Waals surface area contributed by atoms with Crippen LogP contribution in [0.3, 0.4) is 0 Å². The van der Waals surface area contributed by atoms with Crippen LogP contribution in [-0.2, 0) is 4.79 Å². The Morgan fingerprint density at radius 1 is 1.40 bits per heavy atom. The van der Waals surface area contributed by atoms with Crippen LogP contribution in [0.5, 0.6) is 11.5 Å². The molecule has 5 nitrogen and oxygen atoms in total. The number of aromatic hydroxyl groups is 1. The zero-order valence-corrected chi connectivity index (χ0v) is 12.3. The summed E-state index contributed by atoms with van der Waals surface area (Å²) < 4.78 is 5.07. The highest BCUT2D eigenvalue weighted by atomic mass is 16.5. The molecule has 20 heavy (non-hydrogen) atoms. The molecule has 0 aliphatic heterocycles. The Balaban J connectivity index is 2.56. The Labute approximate surface area is 120 Å². The van der Waals surface area contributed by atoms with Crippen LogP contribution in [0.2, 0.25) is 0 Å². The molecular formula is C15H24N2O3. The topological polar surface area (TPSA) is 84.6 Å². The molecular weight excluding hydrogens is 256 g/mol. The molecule has 0 aromatic heterocycles. The van der Waals surface area contributed by atoms with Crippen LogP contribution in [-0.4, -0.2) is 24.2 Å². The number of nitrogens with two attached hydrogens (primary N) is 1. The molecule has 0 aliphatic carbocycles. The van der Waals surface area contributed by atoms with E-state index in [1.165, 1.54) is 13.2 Å². The molecule has 0 saturated carbocycles. The van der Waals surface area contributed by atoms with Gasteiger partial charge in [-0.1, -0.05) is 13.3 Å². The average Bonchev–Trinajstić information content (AvgIpc) is 2.40. The second kappa shape index (κ2) is 7.75. The van der Waals surface area contributed by atoms with Gasteiger partial charge < -0.3 is 20.9 Å². The van der Waals surface area contributed by atoms with E-state index in [0.717, 1.165) is 19.3 Å². The number of anilines is 1. The Morgan fingerprint density at radius 2 is 2.10 bits per heavy atom. The normalized spacial score (nSPS) is 13.6. The molecule has 1 aromatic carbocycles. The first-order chi connectivity index (χ1) is 9.43.